The predicted octanol–water partition coefficient (Wildman–Crippen LogP) is 1.92. The second-order valence-corrected chi connectivity index (χ2v) is 18.9. The van der Waals surface area contributed by atoms with Crippen molar-refractivity contribution in [3.63, 3.8) is 0 Å². The number of carbonyl (C=O) groups is 1. The van der Waals surface area contributed by atoms with Gasteiger partial charge in [-0.15, -0.1) is 0 Å². The number of hydrogen-bond acceptors (Lipinski definition) is 17. The topological polar surface area (TPSA) is 211 Å². The van der Waals surface area contributed by atoms with Crippen LogP contribution in [-0.2, 0) is 42.8 Å². The van der Waals surface area contributed by atoms with Crippen molar-refractivity contribution in [1.82, 2.24) is 9.80 Å². The first-order chi connectivity index (χ1) is 28.0. The first kappa shape index (κ1) is 51.1. The molecule has 2 unspecified atom stereocenters. The number of ether oxygens (including phenoxy) is 7. The van der Waals surface area contributed by atoms with Gasteiger partial charge in [-0.05, 0) is 74.9 Å². The maximum Gasteiger partial charge on any atom is 0.311 e. The molecule has 60 heavy (non-hydrogen) atoms. The highest BCUT2D eigenvalue weighted by molar-refractivity contribution is 5.88. The summed E-state index contributed by atoms with van der Waals surface area (Å²) >= 11 is 0. The van der Waals surface area contributed by atoms with Gasteiger partial charge in [-0.25, -0.2) is 0 Å². The molecule has 17 nitrogen and oxygen atoms in total. The van der Waals surface area contributed by atoms with E-state index in [2.05, 4.69) is 10.1 Å². The molecule has 0 aromatic carbocycles. The first-order valence-corrected chi connectivity index (χ1v) is 22.0. The summed E-state index contributed by atoms with van der Waals surface area (Å²) < 4.78 is 43.3. The fraction of sp³-hybridized carbons (Fsp3) is 0.953. The van der Waals surface area contributed by atoms with Gasteiger partial charge >= 0.3 is 5.97 Å². The first-order valence-electron chi connectivity index (χ1n) is 22.0. The number of hydrogen-bond donors (Lipinski definition) is 5. The van der Waals surface area contributed by atoms with Crippen LogP contribution in [-0.4, -0.2) is 192 Å². The molecule has 0 bridgehead atoms. The summed E-state index contributed by atoms with van der Waals surface area (Å²) in [6, 6.07) is -0.317. The van der Waals surface area contributed by atoms with Crippen LogP contribution >= 0.6 is 0 Å². The zero-order chi connectivity index (χ0) is 44.9. The number of aliphatic hydroxyl groups excluding tert-OH is 3. The standard InChI is InChI=1S/C43H79N3O14/c1-14-31-43(10,52)36(48)26(4)33(44-55-20-17-46-15-18-54-19-16-46)24(2)22-41(8,51)38(60-40-34(47)30(45(11)12)21-25(3)56-40)27(5)35(28(6)39(50)58-31)59-32-23-42(9,53-13)37(49)29(7)57-32/h24-32,34-38,40,47-49,51-52H,14-23H2,1-13H3/b44-33+/t24-,25-,26+,27+,28-,29+,30+,31?,32+,34-,35?,36-,37+,38-,40+,41-,42-,43-/m1/s1. The molecule has 0 aromatic heterocycles. The van der Waals surface area contributed by atoms with Gasteiger partial charge in [-0.3, -0.25) is 9.69 Å². The Morgan fingerprint density at radius 2 is 1.57 bits per heavy atom. The number of aliphatic hydroxyl groups is 5. The molecule has 0 aromatic rings. The van der Waals surface area contributed by atoms with Crippen LogP contribution in [0.4, 0.5) is 0 Å². The van der Waals surface area contributed by atoms with E-state index in [1.165, 1.54) is 14.0 Å². The largest absolute Gasteiger partial charge is 0.459 e. The summed E-state index contributed by atoms with van der Waals surface area (Å²) in [5, 5.41) is 64.1. The van der Waals surface area contributed by atoms with Crippen LogP contribution in [0.1, 0.15) is 94.9 Å². The van der Waals surface area contributed by atoms with E-state index in [0.29, 0.717) is 31.9 Å². The molecule has 18 atom stereocenters. The maximum atomic E-state index is 14.4. The van der Waals surface area contributed by atoms with Gasteiger partial charge in [0.05, 0.1) is 66.6 Å². The van der Waals surface area contributed by atoms with Crippen LogP contribution in [0, 0.1) is 23.7 Å². The minimum atomic E-state index is -1.94. The van der Waals surface area contributed by atoms with Gasteiger partial charge in [0.1, 0.15) is 30.5 Å². The second kappa shape index (κ2) is 21.4. The lowest BCUT2D eigenvalue weighted by Crippen LogP contribution is -2.61. The quantitative estimate of drug-likeness (QED) is 0.114. The summed E-state index contributed by atoms with van der Waals surface area (Å²) in [6.45, 7) is 20.9. The Hall–Kier alpha value is -1.58. The molecule has 0 spiro atoms. The predicted molar refractivity (Wildman–Crippen MR) is 222 cm³/mol. The third-order valence-electron chi connectivity index (χ3n) is 13.6. The summed E-state index contributed by atoms with van der Waals surface area (Å²) in [7, 11) is 5.25. The Morgan fingerprint density at radius 1 is 0.917 bits per heavy atom. The van der Waals surface area contributed by atoms with Crippen molar-refractivity contribution in [3.8, 4) is 0 Å². The highest BCUT2D eigenvalue weighted by Gasteiger charge is 2.53. The van der Waals surface area contributed by atoms with Crippen molar-refractivity contribution in [3.05, 3.63) is 0 Å². The lowest BCUT2D eigenvalue weighted by atomic mass is 9.73. The van der Waals surface area contributed by atoms with Crippen molar-refractivity contribution in [2.24, 2.45) is 28.8 Å². The number of esters is 1. The SMILES string of the molecule is CCC1OC(=O)[C@H](C)C(O[C@H]2C[C@@](C)(OC)[C@@H](O)[C@H](C)O2)[C@H](C)[C@@H](O[C@@H]2O[C@H](C)C[C@H](N(C)C)[C@H]2O)[C@](C)(O)C[C@@H](C)/C(=N\OCCN2CCOCC2)[C@H](C)[C@@H](O)[C@]1(C)O. The van der Waals surface area contributed by atoms with Crippen molar-refractivity contribution < 1.29 is 68.3 Å². The molecule has 4 aliphatic rings. The van der Waals surface area contributed by atoms with Crippen molar-refractivity contribution in [2.45, 2.75) is 179 Å². The zero-order valence-electron chi connectivity index (χ0n) is 38.5. The second-order valence-electron chi connectivity index (χ2n) is 18.9. The maximum absolute atomic E-state index is 14.4. The number of rotatable bonds is 11. The Balaban J connectivity index is 1.83. The van der Waals surface area contributed by atoms with Crippen molar-refractivity contribution >= 4 is 11.7 Å². The number of likely N-dealkylation sites (N-methyl/N-ethyl adjacent to an activating group) is 1. The summed E-state index contributed by atoms with van der Waals surface area (Å²) in [4.78, 5) is 24.4. The van der Waals surface area contributed by atoms with Crippen LogP contribution in [0.25, 0.3) is 0 Å². The highest BCUT2D eigenvalue weighted by Crippen LogP contribution is 2.41. The molecule has 0 amide bonds. The van der Waals surface area contributed by atoms with Crippen molar-refractivity contribution in [2.75, 3.05) is 60.7 Å². The molecule has 4 rings (SSSR count). The molecule has 4 heterocycles. The van der Waals surface area contributed by atoms with Crippen LogP contribution in [0.3, 0.4) is 0 Å². The molecule has 0 saturated carbocycles. The molecule has 4 saturated heterocycles. The normalized spacial score (nSPS) is 46.5. The van der Waals surface area contributed by atoms with Gasteiger partial charge in [0.15, 0.2) is 12.6 Å². The van der Waals surface area contributed by atoms with E-state index in [-0.39, 0.29) is 38.0 Å². The monoisotopic (exact) mass is 862 g/mol. The fourth-order valence-corrected chi connectivity index (χ4v) is 9.71. The van der Waals surface area contributed by atoms with Crippen LogP contribution in [0.2, 0.25) is 0 Å². The molecular weight excluding hydrogens is 782 g/mol. The Labute approximate surface area is 357 Å². The highest BCUT2D eigenvalue weighted by atomic mass is 16.7. The van der Waals surface area contributed by atoms with Crippen molar-refractivity contribution in [1.29, 1.82) is 0 Å². The zero-order valence-corrected chi connectivity index (χ0v) is 38.5. The van der Waals surface area contributed by atoms with Gasteiger partial charge in [0.25, 0.3) is 0 Å². The summed E-state index contributed by atoms with van der Waals surface area (Å²) in [5.41, 5.74) is -4.35. The van der Waals surface area contributed by atoms with Gasteiger partial charge in [0, 0.05) is 57.0 Å². The van der Waals surface area contributed by atoms with E-state index < -0.39 is 102 Å². The van der Waals surface area contributed by atoms with Gasteiger partial charge in [-0.1, -0.05) is 32.9 Å². The Bertz CT molecular complexity index is 1380. The summed E-state index contributed by atoms with van der Waals surface area (Å²) in [5.74, 6) is -3.99. The molecular formula is C43H79N3O14. The van der Waals surface area contributed by atoms with E-state index in [4.69, 9.17) is 38.0 Å². The molecule has 350 valence electrons. The Morgan fingerprint density at radius 3 is 2.17 bits per heavy atom. The Kier molecular flexibility index (Phi) is 18.2. The van der Waals surface area contributed by atoms with Crippen LogP contribution in [0.15, 0.2) is 5.16 Å². The molecule has 0 aliphatic carbocycles. The van der Waals surface area contributed by atoms with E-state index in [1.807, 2.05) is 32.8 Å². The summed E-state index contributed by atoms with van der Waals surface area (Å²) in [6.07, 6.45) is -9.25. The molecule has 5 N–H and O–H groups in total. The lowest BCUT2D eigenvalue weighted by molar-refractivity contribution is -0.317. The number of morpholine rings is 1. The number of oxime groups is 1. The van der Waals surface area contributed by atoms with Crippen LogP contribution in [0.5, 0.6) is 0 Å². The van der Waals surface area contributed by atoms with E-state index in [9.17, 15) is 30.3 Å². The fourth-order valence-electron chi connectivity index (χ4n) is 9.71. The van der Waals surface area contributed by atoms with Gasteiger partial charge in [-0.2, -0.15) is 0 Å². The minimum Gasteiger partial charge on any atom is -0.459 e. The smallest absolute Gasteiger partial charge is 0.311 e. The number of nitrogens with zero attached hydrogens (tertiary/aromatic N) is 3. The molecule has 0 radical (unpaired) electrons. The minimum absolute atomic E-state index is 0.00992. The third kappa shape index (κ3) is 12.0. The van der Waals surface area contributed by atoms with Crippen LogP contribution < -0.4 is 0 Å². The van der Waals surface area contributed by atoms with E-state index in [1.54, 1.807) is 48.5 Å². The third-order valence-corrected chi connectivity index (χ3v) is 13.6. The molecule has 17 heteroatoms. The van der Waals surface area contributed by atoms with Gasteiger partial charge in [0.2, 0.25) is 0 Å². The average Bonchev–Trinajstić information content (AvgIpc) is 3.19. The molecule has 4 fully saturated rings. The van der Waals surface area contributed by atoms with E-state index in [0.717, 1.165) is 13.1 Å². The number of cyclic esters (lactones) is 1. The van der Waals surface area contributed by atoms with Gasteiger partial charge < -0.3 is 68.4 Å². The number of carbonyl (C=O) groups excluding carboxylic acids is 1. The number of methoxy groups -OCH3 is 1. The van der Waals surface area contributed by atoms with E-state index >= 15 is 0 Å². The molecule has 4 aliphatic heterocycles. The average molecular weight is 862 g/mol. The lowest BCUT2D eigenvalue weighted by Gasteiger charge is -2.49.